The lowest BCUT2D eigenvalue weighted by Gasteiger charge is -2.36. The first-order valence-corrected chi connectivity index (χ1v) is 22.7. The Morgan fingerprint density at radius 3 is 1.83 bits per heavy atom. The first kappa shape index (κ1) is 45.2. The zero-order valence-electron chi connectivity index (χ0n) is 36.6. The van der Waals surface area contributed by atoms with Crippen molar-refractivity contribution in [2.24, 2.45) is 0 Å². The normalized spacial score (nSPS) is 12.7. The van der Waals surface area contributed by atoms with E-state index in [4.69, 9.17) is 18.9 Å². The van der Waals surface area contributed by atoms with E-state index < -0.39 is 17.8 Å². The topological polar surface area (TPSA) is 117 Å². The van der Waals surface area contributed by atoms with E-state index in [2.05, 4.69) is 64.2 Å². The number of amides is 1. The van der Waals surface area contributed by atoms with Gasteiger partial charge in [0.25, 0.3) is 0 Å². The third kappa shape index (κ3) is 12.2. The molecule has 0 aliphatic heterocycles. The van der Waals surface area contributed by atoms with Gasteiger partial charge >= 0.3 is 6.09 Å². The average Bonchev–Trinajstić information content (AvgIpc) is 3.93. The highest BCUT2D eigenvalue weighted by atomic mass is 16.5. The molecule has 1 aliphatic rings. The van der Waals surface area contributed by atoms with E-state index in [1.165, 1.54) is 60.8 Å². The highest BCUT2D eigenvalue weighted by Crippen LogP contribution is 2.45. The molecule has 10 heteroatoms. The molecular formula is C53H62N4O6. The number of nitrogens with one attached hydrogen (secondary N) is 1. The molecule has 63 heavy (non-hydrogen) atoms. The van der Waals surface area contributed by atoms with Crippen molar-refractivity contribution in [2.75, 3.05) is 33.5 Å². The number of aromatic nitrogens is 3. The smallest absolute Gasteiger partial charge is 0.407 e. The molecule has 7 rings (SSSR count). The lowest BCUT2D eigenvalue weighted by atomic mass is 9.80. The molecular weight excluding hydrogens is 789 g/mol. The molecule has 0 radical (unpaired) electrons. The van der Waals surface area contributed by atoms with Gasteiger partial charge in [0.15, 0.2) is 0 Å². The Bertz CT molecular complexity index is 2180. The fourth-order valence-electron chi connectivity index (χ4n) is 8.64. The number of ether oxygens (including phenoxy) is 4. The second-order valence-corrected chi connectivity index (χ2v) is 16.4. The van der Waals surface area contributed by atoms with Gasteiger partial charge in [0, 0.05) is 19.1 Å². The highest BCUT2D eigenvalue weighted by Gasteiger charge is 2.38. The van der Waals surface area contributed by atoms with Gasteiger partial charge in [0.2, 0.25) is 0 Å². The summed E-state index contributed by atoms with van der Waals surface area (Å²) < 4.78 is 25.6. The number of rotatable bonds is 26. The number of aliphatic hydroxyl groups excluding tert-OH is 1. The summed E-state index contributed by atoms with van der Waals surface area (Å²) in [6.45, 7) is 2.34. The van der Waals surface area contributed by atoms with Crippen LogP contribution in [0.1, 0.15) is 104 Å². The number of benzene rings is 5. The van der Waals surface area contributed by atoms with Crippen molar-refractivity contribution in [1.82, 2.24) is 20.3 Å². The van der Waals surface area contributed by atoms with Gasteiger partial charge in [-0.15, -0.1) is 5.10 Å². The molecule has 1 amide bonds. The monoisotopic (exact) mass is 850 g/mol. The van der Waals surface area contributed by atoms with Crippen LogP contribution in [0.15, 0.2) is 140 Å². The van der Waals surface area contributed by atoms with Crippen molar-refractivity contribution in [3.05, 3.63) is 173 Å². The van der Waals surface area contributed by atoms with E-state index in [0.29, 0.717) is 12.3 Å². The predicted molar refractivity (Wildman–Crippen MR) is 247 cm³/mol. The molecule has 1 aromatic heterocycles. The van der Waals surface area contributed by atoms with E-state index in [1.54, 1.807) is 7.11 Å². The Hall–Kier alpha value is -5.81. The highest BCUT2D eigenvalue weighted by molar-refractivity contribution is 5.79. The molecule has 2 N–H and O–H groups in total. The summed E-state index contributed by atoms with van der Waals surface area (Å²) in [7, 11) is 1.66. The molecule has 1 aliphatic carbocycles. The van der Waals surface area contributed by atoms with Crippen LogP contribution in [0.25, 0.3) is 11.1 Å². The maximum absolute atomic E-state index is 12.6. The second kappa shape index (κ2) is 23.6. The van der Waals surface area contributed by atoms with Crippen LogP contribution in [0.3, 0.4) is 0 Å². The van der Waals surface area contributed by atoms with Gasteiger partial charge in [-0.3, -0.25) is 4.68 Å². The molecule has 0 bridgehead atoms. The Balaban J connectivity index is 0.707. The summed E-state index contributed by atoms with van der Waals surface area (Å²) in [6.07, 6.45) is 12.4. The molecule has 0 fully saturated rings. The van der Waals surface area contributed by atoms with Gasteiger partial charge in [0.1, 0.15) is 29.8 Å². The van der Waals surface area contributed by atoms with Crippen molar-refractivity contribution in [3.63, 3.8) is 0 Å². The van der Waals surface area contributed by atoms with Crippen molar-refractivity contribution in [3.8, 4) is 16.9 Å². The molecule has 0 saturated carbocycles. The Kier molecular flexibility index (Phi) is 16.9. The number of aryl methyl sites for hydroxylation is 1. The number of methoxy groups -OCH3 is 1. The van der Waals surface area contributed by atoms with Gasteiger partial charge in [-0.1, -0.05) is 178 Å². The molecule has 0 saturated heterocycles. The second-order valence-electron chi connectivity index (χ2n) is 16.4. The summed E-state index contributed by atoms with van der Waals surface area (Å²) in [5, 5.41) is 22.3. The fraction of sp³-hybridized carbons (Fsp3) is 0.377. The molecule has 0 spiro atoms. The van der Waals surface area contributed by atoms with Gasteiger partial charge < -0.3 is 29.4 Å². The Morgan fingerprint density at radius 2 is 1.22 bits per heavy atom. The van der Waals surface area contributed by atoms with Gasteiger partial charge in [-0.2, -0.15) is 0 Å². The van der Waals surface area contributed by atoms with Crippen molar-refractivity contribution in [1.29, 1.82) is 0 Å². The van der Waals surface area contributed by atoms with Crippen LogP contribution in [0, 0.1) is 0 Å². The van der Waals surface area contributed by atoms with Crippen molar-refractivity contribution >= 4 is 6.09 Å². The Morgan fingerprint density at radius 1 is 0.683 bits per heavy atom. The third-order valence-corrected chi connectivity index (χ3v) is 11.9. The molecule has 1 heterocycles. The van der Waals surface area contributed by atoms with E-state index in [0.717, 1.165) is 54.7 Å². The number of carbonyl (C=O) groups is 1. The Labute approximate surface area is 372 Å². The number of hydrogen-bond acceptors (Lipinski definition) is 8. The SMILES string of the molecule is COc1ccc(C(OCC(O)COCCCCCCCCCCCCn2cc(CNC(=O)OCC3c4ccccc4-c4ccccc43)nn2)(c2ccccc2)c2ccccc2)cc1. The standard InChI is InChI=1S/C53H62N4O6/c1-60-46-32-30-43(31-33-46)53(41-22-12-10-13-23-41,42-24-14-11-15-25-42)63-39-45(58)38-61-35-21-9-7-5-3-2-4-6-8-20-34-57-37-44(55-56-57)36-54-52(59)62-40-51-49-28-18-16-26-47(49)48-27-17-19-29-50(48)51/h10-19,22-33,37,45,51,58H,2-9,20-21,34-36,38-40H2,1H3,(H,54,59). The summed E-state index contributed by atoms with van der Waals surface area (Å²) in [4.78, 5) is 12.6. The zero-order chi connectivity index (χ0) is 43.5. The van der Waals surface area contributed by atoms with E-state index in [1.807, 2.05) is 95.8 Å². The lowest BCUT2D eigenvalue weighted by molar-refractivity contribution is -0.0641. The minimum absolute atomic E-state index is 0.0308. The van der Waals surface area contributed by atoms with Crippen molar-refractivity contribution < 1.29 is 28.8 Å². The number of hydrogen-bond donors (Lipinski definition) is 2. The fourth-order valence-corrected chi connectivity index (χ4v) is 8.64. The summed E-state index contributed by atoms with van der Waals surface area (Å²) in [6, 6.07) is 44.9. The largest absolute Gasteiger partial charge is 0.497 e. The van der Waals surface area contributed by atoms with Crippen LogP contribution in [0.5, 0.6) is 5.75 Å². The minimum atomic E-state index is -0.920. The first-order valence-electron chi connectivity index (χ1n) is 22.7. The third-order valence-electron chi connectivity index (χ3n) is 11.9. The molecule has 10 nitrogen and oxygen atoms in total. The van der Waals surface area contributed by atoms with Crippen molar-refractivity contribution in [2.45, 2.75) is 94.9 Å². The summed E-state index contributed by atoms with van der Waals surface area (Å²) in [5.74, 6) is 0.801. The van der Waals surface area contributed by atoms with E-state index in [9.17, 15) is 9.90 Å². The molecule has 330 valence electrons. The molecule has 5 aromatic carbocycles. The number of alkyl carbamates (subject to hydrolysis) is 1. The molecule has 6 aromatic rings. The van der Waals surface area contributed by atoms with Crippen LogP contribution < -0.4 is 10.1 Å². The number of nitrogens with zero attached hydrogens (tertiary/aromatic N) is 3. The lowest BCUT2D eigenvalue weighted by Crippen LogP contribution is -2.36. The van der Waals surface area contributed by atoms with Crippen LogP contribution in [0.4, 0.5) is 4.79 Å². The van der Waals surface area contributed by atoms with Crippen LogP contribution >= 0.6 is 0 Å². The number of unbranched alkanes of at least 4 members (excludes halogenated alkanes) is 9. The van der Waals surface area contributed by atoms with Gasteiger partial charge in [0.05, 0.1) is 33.1 Å². The van der Waals surface area contributed by atoms with Gasteiger partial charge in [-0.25, -0.2) is 4.79 Å². The average molecular weight is 851 g/mol. The van der Waals surface area contributed by atoms with E-state index >= 15 is 0 Å². The maximum atomic E-state index is 12.6. The molecule has 1 atom stereocenters. The zero-order valence-corrected chi connectivity index (χ0v) is 36.6. The number of aliphatic hydroxyl groups is 1. The quantitative estimate of drug-likeness (QED) is 0.0409. The van der Waals surface area contributed by atoms with Crippen LogP contribution in [-0.4, -0.2) is 65.8 Å². The first-order chi connectivity index (χ1) is 31.0. The summed E-state index contributed by atoms with van der Waals surface area (Å²) >= 11 is 0. The number of carbonyl (C=O) groups excluding carboxylic acids is 1. The predicted octanol–water partition coefficient (Wildman–Crippen LogP) is 10.6. The maximum Gasteiger partial charge on any atom is 0.407 e. The van der Waals surface area contributed by atoms with Gasteiger partial charge in [-0.05, 0) is 63.9 Å². The minimum Gasteiger partial charge on any atom is -0.497 e. The number of fused-ring (bicyclic) bond motifs is 3. The molecule has 1 unspecified atom stereocenters. The van der Waals surface area contributed by atoms with Crippen LogP contribution in [0.2, 0.25) is 0 Å². The van der Waals surface area contributed by atoms with Crippen LogP contribution in [-0.2, 0) is 32.9 Å². The van der Waals surface area contributed by atoms with E-state index in [-0.39, 0.29) is 32.3 Å². The summed E-state index contributed by atoms with van der Waals surface area (Å²) in [5.41, 5.74) is 7.51.